The number of aryl methyl sites for hydroxylation is 1. The van der Waals surface area contributed by atoms with Crippen LogP contribution in [0.15, 0.2) is 54.6 Å². The average Bonchev–Trinajstić information content (AvgIpc) is 2.84. The number of carbonyl (C=O) groups is 1. The van der Waals surface area contributed by atoms with Crippen molar-refractivity contribution >= 4 is 17.4 Å². The fourth-order valence-electron chi connectivity index (χ4n) is 3.90. The van der Waals surface area contributed by atoms with Crippen molar-refractivity contribution in [3.05, 3.63) is 60.2 Å². The van der Waals surface area contributed by atoms with Crippen LogP contribution >= 0.6 is 0 Å². The number of nitrogens with one attached hydrogen (secondary N) is 1. The van der Waals surface area contributed by atoms with Gasteiger partial charge >= 0.3 is 0 Å². The average molecular weight is 433 g/mol. The van der Waals surface area contributed by atoms with Crippen LogP contribution in [0.1, 0.15) is 18.4 Å². The summed E-state index contributed by atoms with van der Waals surface area (Å²) >= 11 is 0. The molecular weight excluding hydrogens is 404 g/mol. The predicted octanol–water partition coefficient (Wildman–Crippen LogP) is 4.32. The lowest BCUT2D eigenvalue weighted by Gasteiger charge is -2.32. The number of ether oxygens (including phenoxy) is 2. The molecule has 0 saturated carbocycles. The second-order valence-electron chi connectivity index (χ2n) is 8.02. The summed E-state index contributed by atoms with van der Waals surface area (Å²) in [6.07, 6.45) is 1.75. The topological polar surface area (TPSA) is 76.6 Å². The first-order chi connectivity index (χ1) is 15.6. The van der Waals surface area contributed by atoms with E-state index in [1.807, 2.05) is 24.3 Å². The van der Waals surface area contributed by atoms with Crippen molar-refractivity contribution in [2.24, 2.45) is 5.92 Å². The highest BCUT2D eigenvalue weighted by Gasteiger charge is 2.27. The molecule has 4 rings (SSSR count). The van der Waals surface area contributed by atoms with Gasteiger partial charge in [-0.15, -0.1) is 10.2 Å². The zero-order valence-electron chi connectivity index (χ0n) is 18.7. The normalized spacial score (nSPS) is 15.8. The summed E-state index contributed by atoms with van der Waals surface area (Å²) in [5.41, 5.74) is 3.75. The van der Waals surface area contributed by atoms with Crippen LogP contribution in [-0.4, -0.2) is 43.4 Å². The first kappa shape index (κ1) is 21.6. The van der Waals surface area contributed by atoms with E-state index in [1.54, 1.807) is 32.4 Å². The lowest BCUT2D eigenvalue weighted by atomic mass is 9.97. The maximum absolute atomic E-state index is 13.0. The molecule has 1 amide bonds. The van der Waals surface area contributed by atoms with Gasteiger partial charge in [-0.3, -0.25) is 4.79 Å². The molecule has 1 aromatic heterocycles. The number of aromatic nitrogens is 2. The van der Waals surface area contributed by atoms with E-state index < -0.39 is 0 Å². The second-order valence-corrected chi connectivity index (χ2v) is 8.02. The van der Waals surface area contributed by atoms with E-state index in [0.29, 0.717) is 23.7 Å². The minimum atomic E-state index is -0.139. The largest absolute Gasteiger partial charge is 0.497 e. The van der Waals surface area contributed by atoms with Gasteiger partial charge in [0.15, 0.2) is 5.82 Å². The lowest BCUT2D eigenvalue weighted by molar-refractivity contribution is -0.120. The Balaban J connectivity index is 1.43. The number of anilines is 2. The Morgan fingerprint density at radius 1 is 1.00 bits per heavy atom. The van der Waals surface area contributed by atoms with Crippen molar-refractivity contribution in [1.82, 2.24) is 10.2 Å². The molecule has 7 nitrogen and oxygen atoms in total. The standard InChI is InChI=1S/C25H28N4O3/c1-17-6-8-18(9-7-17)23-10-11-24(28-27-23)29-12-4-5-19(16-29)25(30)26-20-13-21(31-2)15-22(14-20)32-3/h6-11,13-15,19H,4-5,12,16H2,1-3H3,(H,26,30). The summed E-state index contributed by atoms with van der Waals surface area (Å²) < 4.78 is 10.6. The van der Waals surface area contributed by atoms with Gasteiger partial charge in [-0.25, -0.2) is 0 Å². The van der Waals surface area contributed by atoms with Gasteiger partial charge in [0, 0.05) is 42.5 Å². The molecule has 1 fully saturated rings. The Kier molecular flexibility index (Phi) is 6.54. The Morgan fingerprint density at radius 2 is 1.72 bits per heavy atom. The second kappa shape index (κ2) is 9.68. The molecule has 7 heteroatoms. The number of hydrogen-bond donors (Lipinski definition) is 1. The van der Waals surface area contributed by atoms with Gasteiger partial charge in [-0.05, 0) is 31.9 Å². The first-order valence-electron chi connectivity index (χ1n) is 10.8. The molecule has 0 aliphatic carbocycles. The third-order valence-corrected chi connectivity index (χ3v) is 5.73. The molecular formula is C25H28N4O3. The summed E-state index contributed by atoms with van der Waals surface area (Å²) in [6.45, 7) is 3.52. The molecule has 166 valence electrons. The molecule has 1 unspecified atom stereocenters. The highest BCUT2D eigenvalue weighted by molar-refractivity contribution is 5.93. The van der Waals surface area contributed by atoms with Crippen LogP contribution < -0.4 is 19.7 Å². The number of amides is 1. The number of rotatable bonds is 6. The summed E-state index contributed by atoms with van der Waals surface area (Å²) in [5.74, 6) is 1.90. The van der Waals surface area contributed by atoms with E-state index in [2.05, 4.69) is 39.5 Å². The number of methoxy groups -OCH3 is 2. The highest BCUT2D eigenvalue weighted by atomic mass is 16.5. The van der Waals surface area contributed by atoms with Gasteiger partial charge in [0.2, 0.25) is 5.91 Å². The zero-order valence-corrected chi connectivity index (χ0v) is 18.7. The Labute approximate surface area is 188 Å². The minimum Gasteiger partial charge on any atom is -0.497 e. The lowest BCUT2D eigenvalue weighted by Crippen LogP contribution is -2.41. The van der Waals surface area contributed by atoms with E-state index >= 15 is 0 Å². The van der Waals surface area contributed by atoms with Gasteiger partial charge in [-0.2, -0.15) is 0 Å². The summed E-state index contributed by atoms with van der Waals surface area (Å²) in [5, 5.41) is 11.9. The molecule has 1 aliphatic heterocycles. The third-order valence-electron chi connectivity index (χ3n) is 5.73. The Hall–Kier alpha value is -3.61. The Bertz CT molecular complexity index is 1050. The van der Waals surface area contributed by atoms with Crippen molar-refractivity contribution < 1.29 is 14.3 Å². The summed E-state index contributed by atoms with van der Waals surface area (Å²) in [6, 6.07) is 17.5. The van der Waals surface area contributed by atoms with Crippen LogP contribution in [0, 0.1) is 12.8 Å². The van der Waals surface area contributed by atoms with Crippen LogP contribution in [0.2, 0.25) is 0 Å². The highest BCUT2D eigenvalue weighted by Crippen LogP contribution is 2.28. The monoisotopic (exact) mass is 432 g/mol. The van der Waals surface area contributed by atoms with Crippen LogP contribution in [0.5, 0.6) is 11.5 Å². The van der Waals surface area contributed by atoms with Crippen LogP contribution in [0.25, 0.3) is 11.3 Å². The van der Waals surface area contributed by atoms with Crippen molar-refractivity contribution in [3.63, 3.8) is 0 Å². The summed E-state index contributed by atoms with van der Waals surface area (Å²) in [7, 11) is 3.18. The molecule has 32 heavy (non-hydrogen) atoms. The predicted molar refractivity (Wildman–Crippen MR) is 125 cm³/mol. The number of piperidine rings is 1. The van der Waals surface area contributed by atoms with Gasteiger partial charge in [-0.1, -0.05) is 29.8 Å². The minimum absolute atomic E-state index is 0.0192. The smallest absolute Gasteiger partial charge is 0.229 e. The van der Waals surface area contributed by atoms with Gasteiger partial charge in [0.1, 0.15) is 11.5 Å². The van der Waals surface area contributed by atoms with E-state index in [0.717, 1.165) is 36.5 Å². The van der Waals surface area contributed by atoms with Crippen LogP contribution in [0.4, 0.5) is 11.5 Å². The van der Waals surface area contributed by atoms with Crippen molar-refractivity contribution in [2.45, 2.75) is 19.8 Å². The maximum atomic E-state index is 13.0. The summed E-state index contributed by atoms with van der Waals surface area (Å²) in [4.78, 5) is 15.1. The molecule has 1 atom stereocenters. The quantitative estimate of drug-likeness (QED) is 0.625. The SMILES string of the molecule is COc1cc(NC(=O)C2CCCN(c3ccc(-c4ccc(C)cc4)nn3)C2)cc(OC)c1. The maximum Gasteiger partial charge on any atom is 0.229 e. The molecule has 1 aliphatic rings. The molecule has 0 spiro atoms. The Morgan fingerprint density at radius 3 is 2.34 bits per heavy atom. The van der Waals surface area contributed by atoms with E-state index in [1.165, 1.54) is 5.56 Å². The van der Waals surface area contributed by atoms with Crippen LogP contribution in [-0.2, 0) is 4.79 Å². The molecule has 1 N–H and O–H groups in total. The van der Waals surface area contributed by atoms with E-state index in [-0.39, 0.29) is 11.8 Å². The third kappa shape index (κ3) is 4.99. The first-order valence-corrected chi connectivity index (χ1v) is 10.8. The molecule has 0 bridgehead atoms. The molecule has 2 heterocycles. The van der Waals surface area contributed by atoms with Gasteiger partial charge < -0.3 is 19.7 Å². The number of carbonyl (C=O) groups excluding carboxylic acids is 1. The van der Waals surface area contributed by atoms with Gasteiger partial charge in [0.25, 0.3) is 0 Å². The van der Waals surface area contributed by atoms with Crippen molar-refractivity contribution in [1.29, 1.82) is 0 Å². The number of hydrogen-bond acceptors (Lipinski definition) is 6. The van der Waals surface area contributed by atoms with Crippen molar-refractivity contribution in [3.8, 4) is 22.8 Å². The zero-order chi connectivity index (χ0) is 22.5. The number of benzene rings is 2. The molecule has 3 aromatic rings. The van der Waals surface area contributed by atoms with E-state index in [4.69, 9.17) is 9.47 Å². The fourth-order valence-corrected chi connectivity index (χ4v) is 3.90. The number of nitrogens with zero attached hydrogens (tertiary/aromatic N) is 3. The molecule has 1 saturated heterocycles. The molecule has 0 radical (unpaired) electrons. The van der Waals surface area contributed by atoms with Crippen LogP contribution in [0.3, 0.4) is 0 Å². The fraction of sp³-hybridized carbons (Fsp3) is 0.320. The molecule has 2 aromatic carbocycles. The van der Waals surface area contributed by atoms with Gasteiger partial charge in [0.05, 0.1) is 25.8 Å². The van der Waals surface area contributed by atoms with Crippen molar-refractivity contribution in [2.75, 3.05) is 37.5 Å². The van der Waals surface area contributed by atoms with E-state index in [9.17, 15) is 4.79 Å².